The summed E-state index contributed by atoms with van der Waals surface area (Å²) in [5.74, 6) is 0.109. The highest BCUT2D eigenvalue weighted by Crippen LogP contribution is 2.13. The fourth-order valence-electron chi connectivity index (χ4n) is 3.96. The molecule has 0 aromatic heterocycles. The minimum Gasteiger partial charge on any atom is -0.295 e. The molecule has 0 amide bonds. The highest BCUT2D eigenvalue weighted by Gasteiger charge is 2.13. The predicted molar refractivity (Wildman–Crippen MR) is 146 cm³/mol. The summed E-state index contributed by atoms with van der Waals surface area (Å²) >= 11 is 0. The quantitative estimate of drug-likeness (QED) is 0.183. The Balaban J connectivity index is 1.55. The van der Waals surface area contributed by atoms with Gasteiger partial charge in [-0.05, 0) is 28.7 Å². The number of rotatable bonds is 13. The molecule has 0 atom stereocenters. The number of carbonyl (C=O) groups is 1. The molecule has 0 fully saturated rings. The molecule has 0 unspecified atom stereocenters. The molecule has 0 radical (unpaired) electrons. The van der Waals surface area contributed by atoms with Crippen LogP contribution in [0.1, 0.15) is 28.7 Å². The van der Waals surface area contributed by atoms with Crippen molar-refractivity contribution in [1.29, 1.82) is 0 Å². The second kappa shape index (κ2) is 13.8. The zero-order valence-electron chi connectivity index (χ0n) is 20.5. The van der Waals surface area contributed by atoms with Gasteiger partial charge in [-0.1, -0.05) is 121 Å². The van der Waals surface area contributed by atoms with E-state index in [2.05, 4.69) is 59.4 Å². The van der Waals surface area contributed by atoms with Gasteiger partial charge in [0.25, 0.3) is 0 Å². The lowest BCUT2D eigenvalue weighted by atomic mass is 10.1. The van der Waals surface area contributed by atoms with E-state index >= 15 is 0 Å². The predicted octanol–water partition coefficient (Wildman–Crippen LogP) is 6.03. The third kappa shape index (κ3) is 8.35. The van der Waals surface area contributed by atoms with E-state index in [-0.39, 0.29) is 5.78 Å². The van der Waals surface area contributed by atoms with Crippen LogP contribution in [0.4, 0.5) is 0 Å². The second-order valence-corrected chi connectivity index (χ2v) is 8.73. The van der Waals surface area contributed by atoms with Crippen LogP contribution in [0.2, 0.25) is 0 Å². The van der Waals surface area contributed by atoms with Crippen molar-refractivity contribution in [3.8, 4) is 0 Å². The van der Waals surface area contributed by atoms with Crippen LogP contribution >= 0.6 is 0 Å². The maximum atomic E-state index is 13.1. The van der Waals surface area contributed by atoms with Crippen LogP contribution in [0, 0.1) is 0 Å². The molecule has 0 saturated heterocycles. The Kier molecular flexibility index (Phi) is 9.62. The van der Waals surface area contributed by atoms with Crippen molar-refractivity contribution >= 4 is 5.78 Å². The van der Waals surface area contributed by atoms with Gasteiger partial charge in [-0.3, -0.25) is 4.79 Å². The zero-order chi connectivity index (χ0) is 24.8. The zero-order valence-corrected chi connectivity index (χ0v) is 20.5. The summed E-state index contributed by atoms with van der Waals surface area (Å²) in [6.07, 6.45) is 3.60. The van der Waals surface area contributed by atoms with Crippen LogP contribution in [-0.2, 0) is 30.7 Å². The highest BCUT2D eigenvalue weighted by molar-refractivity contribution is 5.90. The molecule has 0 aliphatic heterocycles. The first kappa shape index (κ1) is 25.1. The number of hydrazine groups is 2. The maximum Gasteiger partial charge on any atom is 0.157 e. The molecule has 4 rings (SSSR count). The van der Waals surface area contributed by atoms with Gasteiger partial charge in [0, 0.05) is 32.0 Å². The van der Waals surface area contributed by atoms with Crippen LogP contribution in [0.25, 0.3) is 0 Å². The van der Waals surface area contributed by atoms with Gasteiger partial charge in [-0.2, -0.15) is 0 Å². The Labute approximate surface area is 214 Å². The standard InChI is InChI=1S/C32H33N3O/c36-32(22-21-27-13-5-1-6-14-27)24-31(23-28-15-7-2-8-16-28)35(33-25-29-17-9-3-10-18-29)34-26-30-19-11-4-12-20-30/h1-20,24,33-34H,21-23,25-26H2. The first-order valence-corrected chi connectivity index (χ1v) is 12.4. The lowest BCUT2D eigenvalue weighted by Gasteiger charge is -2.29. The Morgan fingerprint density at radius 3 is 1.47 bits per heavy atom. The minimum absolute atomic E-state index is 0.109. The summed E-state index contributed by atoms with van der Waals surface area (Å²) in [6, 6.07) is 40.9. The monoisotopic (exact) mass is 475 g/mol. The molecule has 0 saturated carbocycles. The number of hydrogen-bond donors (Lipinski definition) is 2. The van der Waals surface area contributed by atoms with Crippen LogP contribution in [-0.4, -0.2) is 10.9 Å². The van der Waals surface area contributed by atoms with E-state index in [0.29, 0.717) is 25.9 Å². The largest absolute Gasteiger partial charge is 0.295 e. The van der Waals surface area contributed by atoms with Gasteiger partial charge in [0.2, 0.25) is 0 Å². The second-order valence-electron chi connectivity index (χ2n) is 8.73. The first-order chi connectivity index (χ1) is 17.8. The molecule has 0 aliphatic carbocycles. The van der Waals surface area contributed by atoms with E-state index in [1.807, 2.05) is 77.9 Å². The van der Waals surface area contributed by atoms with Gasteiger partial charge in [0.05, 0.1) is 5.70 Å². The number of carbonyl (C=O) groups excluding carboxylic acids is 1. The Bertz CT molecular complexity index is 1170. The van der Waals surface area contributed by atoms with E-state index in [4.69, 9.17) is 0 Å². The van der Waals surface area contributed by atoms with Gasteiger partial charge in [-0.15, -0.1) is 0 Å². The molecule has 0 heterocycles. The SMILES string of the molecule is O=C(C=C(Cc1ccccc1)N(NCc1ccccc1)NCc1ccccc1)CCc1ccccc1. The van der Waals surface area contributed by atoms with E-state index in [9.17, 15) is 4.79 Å². The normalized spacial score (nSPS) is 11.3. The average Bonchev–Trinajstić information content (AvgIpc) is 2.94. The number of aryl methyl sites for hydroxylation is 1. The lowest BCUT2D eigenvalue weighted by molar-refractivity contribution is -0.114. The molecule has 182 valence electrons. The van der Waals surface area contributed by atoms with Crippen molar-refractivity contribution in [2.75, 3.05) is 0 Å². The first-order valence-electron chi connectivity index (χ1n) is 12.4. The van der Waals surface area contributed by atoms with E-state index in [1.54, 1.807) is 6.08 Å². The lowest BCUT2D eigenvalue weighted by Crippen LogP contribution is -2.47. The van der Waals surface area contributed by atoms with Crippen molar-refractivity contribution in [1.82, 2.24) is 16.0 Å². The van der Waals surface area contributed by atoms with Crippen LogP contribution in [0.5, 0.6) is 0 Å². The van der Waals surface area contributed by atoms with E-state index in [0.717, 1.165) is 17.7 Å². The van der Waals surface area contributed by atoms with E-state index < -0.39 is 0 Å². The summed E-state index contributed by atoms with van der Waals surface area (Å²) in [7, 11) is 0. The van der Waals surface area contributed by atoms with Gasteiger partial charge >= 0.3 is 0 Å². The number of ketones is 1. The molecular weight excluding hydrogens is 442 g/mol. The third-order valence-electron chi connectivity index (χ3n) is 5.91. The molecular formula is C32H33N3O. The molecule has 0 aliphatic rings. The number of hydrogen-bond acceptors (Lipinski definition) is 4. The highest BCUT2D eigenvalue weighted by atomic mass is 16.1. The molecule has 0 bridgehead atoms. The summed E-state index contributed by atoms with van der Waals surface area (Å²) in [5, 5.41) is 1.92. The van der Waals surface area contributed by atoms with Crippen molar-refractivity contribution in [2.24, 2.45) is 0 Å². The Hall–Kier alpha value is -3.99. The van der Waals surface area contributed by atoms with Gasteiger partial charge in [-0.25, -0.2) is 16.0 Å². The summed E-state index contributed by atoms with van der Waals surface area (Å²) < 4.78 is 0. The Morgan fingerprint density at radius 2 is 1.00 bits per heavy atom. The van der Waals surface area contributed by atoms with Gasteiger partial charge in [0.1, 0.15) is 0 Å². The smallest absolute Gasteiger partial charge is 0.157 e. The van der Waals surface area contributed by atoms with Crippen LogP contribution in [0.15, 0.2) is 133 Å². The molecule has 0 spiro atoms. The molecule has 4 nitrogen and oxygen atoms in total. The van der Waals surface area contributed by atoms with Crippen molar-refractivity contribution in [3.05, 3.63) is 155 Å². The van der Waals surface area contributed by atoms with E-state index in [1.165, 1.54) is 16.7 Å². The average molecular weight is 476 g/mol. The third-order valence-corrected chi connectivity index (χ3v) is 5.91. The summed E-state index contributed by atoms with van der Waals surface area (Å²) in [5.41, 5.74) is 12.5. The molecule has 4 aromatic carbocycles. The minimum atomic E-state index is 0.109. The number of nitrogens with one attached hydrogen (secondary N) is 2. The van der Waals surface area contributed by atoms with Gasteiger partial charge in [0.15, 0.2) is 5.78 Å². The van der Waals surface area contributed by atoms with Crippen molar-refractivity contribution in [2.45, 2.75) is 32.4 Å². The molecule has 36 heavy (non-hydrogen) atoms. The number of benzene rings is 4. The number of allylic oxidation sites excluding steroid dienone is 2. The Morgan fingerprint density at radius 1 is 0.583 bits per heavy atom. The van der Waals surface area contributed by atoms with Crippen molar-refractivity contribution in [3.63, 3.8) is 0 Å². The molecule has 4 aromatic rings. The summed E-state index contributed by atoms with van der Waals surface area (Å²) in [6.45, 7) is 1.26. The summed E-state index contributed by atoms with van der Waals surface area (Å²) in [4.78, 5) is 13.1. The van der Waals surface area contributed by atoms with Crippen molar-refractivity contribution < 1.29 is 4.79 Å². The fourth-order valence-corrected chi connectivity index (χ4v) is 3.96. The van der Waals surface area contributed by atoms with Gasteiger partial charge < -0.3 is 0 Å². The molecule has 2 N–H and O–H groups in total. The molecule has 4 heteroatoms. The maximum absolute atomic E-state index is 13.1. The van der Waals surface area contributed by atoms with Crippen LogP contribution < -0.4 is 10.9 Å². The fraction of sp³-hybridized carbons (Fsp3) is 0.156. The van der Waals surface area contributed by atoms with Crippen LogP contribution in [0.3, 0.4) is 0 Å². The topological polar surface area (TPSA) is 44.4 Å². The number of nitrogens with zero attached hydrogens (tertiary/aromatic N) is 1.